The molecular formula is C11H15N3O3. The molecule has 1 aromatic rings. The van der Waals surface area contributed by atoms with Gasteiger partial charge in [0, 0.05) is 11.6 Å². The zero-order chi connectivity index (χ0) is 12.8. The summed E-state index contributed by atoms with van der Waals surface area (Å²) >= 11 is 0. The molecule has 1 aromatic carbocycles. The highest BCUT2D eigenvalue weighted by molar-refractivity contribution is 5.99. The number of hydrogen-bond donors (Lipinski definition) is 2. The van der Waals surface area contributed by atoms with Crippen molar-refractivity contribution in [2.24, 2.45) is 10.8 Å². The van der Waals surface area contributed by atoms with Crippen molar-refractivity contribution >= 4 is 11.7 Å². The van der Waals surface area contributed by atoms with E-state index in [0.29, 0.717) is 17.2 Å². The summed E-state index contributed by atoms with van der Waals surface area (Å²) in [7, 11) is 3.12. The molecule has 0 saturated carbocycles. The van der Waals surface area contributed by atoms with Crippen molar-refractivity contribution < 1.29 is 14.3 Å². The van der Waals surface area contributed by atoms with Crippen molar-refractivity contribution in [2.75, 3.05) is 14.2 Å². The number of nitrogens with zero attached hydrogens (tertiary/aromatic N) is 1. The molecule has 0 radical (unpaired) electrons. The molecule has 92 valence electrons. The van der Waals surface area contributed by atoms with Crippen LogP contribution in [0.4, 0.5) is 4.79 Å². The first-order valence-corrected chi connectivity index (χ1v) is 4.90. The summed E-state index contributed by atoms with van der Waals surface area (Å²) < 4.78 is 10.3. The van der Waals surface area contributed by atoms with Crippen molar-refractivity contribution in [1.82, 2.24) is 5.43 Å². The predicted octanol–water partition coefficient (Wildman–Crippen LogP) is 1.10. The monoisotopic (exact) mass is 237 g/mol. The first kappa shape index (κ1) is 12.8. The summed E-state index contributed by atoms with van der Waals surface area (Å²) in [6.07, 6.45) is 0. The summed E-state index contributed by atoms with van der Waals surface area (Å²) in [6, 6.07) is 4.60. The van der Waals surface area contributed by atoms with Crippen molar-refractivity contribution in [3.63, 3.8) is 0 Å². The van der Waals surface area contributed by atoms with E-state index in [0.717, 1.165) is 5.56 Å². The highest BCUT2D eigenvalue weighted by Gasteiger charge is 2.04. The average molecular weight is 237 g/mol. The lowest BCUT2D eigenvalue weighted by molar-refractivity contribution is 0.249. The van der Waals surface area contributed by atoms with E-state index in [2.05, 4.69) is 10.5 Å². The van der Waals surface area contributed by atoms with Crippen LogP contribution in [0.3, 0.4) is 0 Å². The van der Waals surface area contributed by atoms with Gasteiger partial charge in [-0.1, -0.05) is 0 Å². The highest BCUT2D eigenvalue weighted by Crippen LogP contribution is 2.22. The normalized spacial score (nSPS) is 10.9. The molecule has 1 rings (SSSR count). The molecule has 17 heavy (non-hydrogen) atoms. The maximum absolute atomic E-state index is 10.5. The number of rotatable bonds is 4. The number of nitrogens with two attached hydrogens (primary N) is 1. The summed E-state index contributed by atoms with van der Waals surface area (Å²) in [5, 5.41) is 3.83. The molecule has 3 N–H and O–H groups in total. The molecule has 0 aliphatic carbocycles. The molecule has 0 aromatic heterocycles. The van der Waals surface area contributed by atoms with Crippen LogP contribution in [0.25, 0.3) is 0 Å². The first-order valence-electron chi connectivity index (χ1n) is 4.90. The van der Waals surface area contributed by atoms with Gasteiger partial charge in [-0.15, -0.1) is 0 Å². The van der Waals surface area contributed by atoms with Crippen LogP contribution in [0.5, 0.6) is 11.5 Å². The number of carbonyl (C=O) groups is 1. The van der Waals surface area contributed by atoms with Crippen molar-refractivity contribution in [2.45, 2.75) is 6.92 Å². The minimum atomic E-state index is -0.709. The number of urea groups is 1. The van der Waals surface area contributed by atoms with Gasteiger partial charge in [0.05, 0.1) is 19.9 Å². The largest absolute Gasteiger partial charge is 0.497 e. The van der Waals surface area contributed by atoms with Gasteiger partial charge < -0.3 is 15.2 Å². The highest BCUT2D eigenvalue weighted by atomic mass is 16.5. The van der Waals surface area contributed by atoms with E-state index in [4.69, 9.17) is 15.2 Å². The molecular weight excluding hydrogens is 222 g/mol. The van der Waals surface area contributed by atoms with Gasteiger partial charge in [-0.2, -0.15) is 5.10 Å². The lowest BCUT2D eigenvalue weighted by Gasteiger charge is -2.08. The lowest BCUT2D eigenvalue weighted by atomic mass is 10.1. The van der Waals surface area contributed by atoms with Gasteiger partial charge in [0.1, 0.15) is 11.5 Å². The summed E-state index contributed by atoms with van der Waals surface area (Å²) in [5.41, 5.74) is 8.46. The molecule has 0 fully saturated rings. The Bertz CT molecular complexity index is 421. The van der Waals surface area contributed by atoms with Gasteiger partial charge in [0.2, 0.25) is 0 Å². The van der Waals surface area contributed by atoms with E-state index >= 15 is 0 Å². The number of benzene rings is 1. The number of methoxy groups -OCH3 is 2. The zero-order valence-corrected chi connectivity index (χ0v) is 9.98. The molecule has 0 heterocycles. The minimum absolute atomic E-state index is 0.598. The van der Waals surface area contributed by atoms with E-state index < -0.39 is 6.03 Å². The van der Waals surface area contributed by atoms with Crippen LogP contribution in [0.15, 0.2) is 23.3 Å². The topological polar surface area (TPSA) is 85.9 Å². The van der Waals surface area contributed by atoms with Crippen molar-refractivity contribution in [3.8, 4) is 11.5 Å². The summed E-state index contributed by atoms with van der Waals surface area (Å²) in [5.74, 6) is 1.29. The van der Waals surface area contributed by atoms with E-state index in [1.54, 1.807) is 39.3 Å². The maximum Gasteiger partial charge on any atom is 0.332 e. The molecule has 6 nitrogen and oxygen atoms in total. The number of ether oxygens (including phenoxy) is 2. The molecule has 0 saturated heterocycles. The number of amides is 2. The fourth-order valence-electron chi connectivity index (χ4n) is 1.22. The Morgan fingerprint density at radius 3 is 2.18 bits per heavy atom. The molecule has 0 spiro atoms. The quantitative estimate of drug-likeness (QED) is 0.607. The first-order chi connectivity index (χ1) is 8.06. The van der Waals surface area contributed by atoms with Crippen LogP contribution in [0.2, 0.25) is 0 Å². The van der Waals surface area contributed by atoms with E-state index in [1.807, 2.05) is 0 Å². The predicted molar refractivity (Wildman–Crippen MR) is 64.5 cm³/mol. The smallest absolute Gasteiger partial charge is 0.332 e. The van der Waals surface area contributed by atoms with Crippen LogP contribution in [-0.2, 0) is 0 Å². The third-order valence-electron chi connectivity index (χ3n) is 2.10. The molecule has 6 heteroatoms. The standard InChI is InChI=1S/C11H15N3O3/c1-7(13-14-11(12)15)8-4-9(16-2)6-10(5-8)17-3/h4-6H,1-3H3,(H3,12,14,15)/b13-7+. The zero-order valence-electron chi connectivity index (χ0n) is 9.98. The molecule has 0 aliphatic heterocycles. The number of hydrazone groups is 1. The van der Waals surface area contributed by atoms with Crippen molar-refractivity contribution in [3.05, 3.63) is 23.8 Å². The Morgan fingerprint density at radius 1 is 1.24 bits per heavy atom. The molecule has 0 aliphatic rings. The van der Waals surface area contributed by atoms with Gasteiger partial charge in [0.15, 0.2) is 0 Å². The Labute approximate surface area is 99.4 Å². The summed E-state index contributed by atoms with van der Waals surface area (Å²) in [6.45, 7) is 1.74. The number of hydrogen-bond acceptors (Lipinski definition) is 4. The van der Waals surface area contributed by atoms with Gasteiger partial charge in [0.25, 0.3) is 0 Å². The molecule has 0 bridgehead atoms. The second-order valence-electron chi connectivity index (χ2n) is 3.27. The fraction of sp³-hybridized carbons (Fsp3) is 0.273. The second kappa shape index (κ2) is 5.74. The van der Waals surface area contributed by atoms with E-state index in [-0.39, 0.29) is 0 Å². The van der Waals surface area contributed by atoms with Gasteiger partial charge in [-0.05, 0) is 19.1 Å². The third-order valence-corrected chi connectivity index (χ3v) is 2.10. The third kappa shape index (κ3) is 3.67. The van der Waals surface area contributed by atoms with Gasteiger partial charge >= 0.3 is 6.03 Å². The fourth-order valence-corrected chi connectivity index (χ4v) is 1.22. The van der Waals surface area contributed by atoms with Crippen molar-refractivity contribution in [1.29, 1.82) is 0 Å². The second-order valence-corrected chi connectivity index (χ2v) is 3.27. The molecule has 2 amide bonds. The van der Waals surface area contributed by atoms with E-state index in [1.165, 1.54) is 0 Å². The number of primary amides is 1. The van der Waals surface area contributed by atoms with Crippen LogP contribution in [0.1, 0.15) is 12.5 Å². The lowest BCUT2D eigenvalue weighted by Crippen LogP contribution is -2.25. The Balaban J connectivity index is 3.03. The average Bonchev–Trinajstić information content (AvgIpc) is 2.34. The number of carbonyl (C=O) groups excluding carboxylic acids is 1. The number of nitrogens with one attached hydrogen (secondary N) is 1. The maximum atomic E-state index is 10.5. The van der Waals surface area contributed by atoms with Gasteiger partial charge in [-0.25, -0.2) is 10.2 Å². The Hall–Kier alpha value is -2.24. The Morgan fingerprint density at radius 2 is 1.76 bits per heavy atom. The van der Waals surface area contributed by atoms with Crippen LogP contribution < -0.4 is 20.6 Å². The van der Waals surface area contributed by atoms with Crippen LogP contribution in [0, 0.1) is 0 Å². The van der Waals surface area contributed by atoms with Gasteiger partial charge in [-0.3, -0.25) is 0 Å². The molecule has 0 unspecified atom stereocenters. The Kier molecular flexibility index (Phi) is 4.33. The minimum Gasteiger partial charge on any atom is -0.497 e. The van der Waals surface area contributed by atoms with E-state index in [9.17, 15) is 4.79 Å². The van der Waals surface area contributed by atoms with Crippen LogP contribution in [-0.4, -0.2) is 26.0 Å². The summed E-state index contributed by atoms with van der Waals surface area (Å²) in [4.78, 5) is 10.5. The van der Waals surface area contributed by atoms with Crippen LogP contribution >= 0.6 is 0 Å². The molecule has 0 atom stereocenters. The SMILES string of the molecule is COc1cc(OC)cc(/C(C)=N/NC(N)=O)c1.